The first kappa shape index (κ1) is 17.5. The van der Waals surface area contributed by atoms with Crippen molar-refractivity contribution in [1.29, 1.82) is 0 Å². The van der Waals surface area contributed by atoms with Crippen molar-refractivity contribution in [3.05, 3.63) is 65.7 Å². The lowest BCUT2D eigenvalue weighted by atomic mass is 9.74. The summed E-state index contributed by atoms with van der Waals surface area (Å²) >= 11 is 0. The van der Waals surface area contributed by atoms with Gasteiger partial charge in [-0.05, 0) is 62.2 Å². The van der Waals surface area contributed by atoms with Gasteiger partial charge in [-0.15, -0.1) is 0 Å². The molecule has 2 aromatic carbocycles. The van der Waals surface area contributed by atoms with Crippen molar-refractivity contribution < 1.29 is 9.53 Å². The summed E-state index contributed by atoms with van der Waals surface area (Å²) in [5, 5.41) is 0. The van der Waals surface area contributed by atoms with Gasteiger partial charge < -0.3 is 14.5 Å². The van der Waals surface area contributed by atoms with Gasteiger partial charge in [-0.25, -0.2) is 0 Å². The fourth-order valence-corrected chi connectivity index (χ4v) is 4.90. The van der Waals surface area contributed by atoms with Gasteiger partial charge in [0.25, 0.3) is 5.91 Å². The lowest BCUT2D eigenvalue weighted by Crippen LogP contribution is -2.43. The summed E-state index contributed by atoms with van der Waals surface area (Å²) < 4.78 is 5.54. The summed E-state index contributed by atoms with van der Waals surface area (Å²) in [4.78, 5) is 16.7. The molecule has 4 heteroatoms. The molecule has 1 saturated heterocycles. The molecule has 0 atom stereocenters. The number of piperidine rings is 1. The minimum Gasteiger partial charge on any atom is -0.482 e. The van der Waals surface area contributed by atoms with E-state index < -0.39 is 0 Å². The number of nitrogens with zero attached hydrogens (tertiary/aromatic N) is 2. The summed E-state index contributed by atoms with van der Waals surface area (Å²) in [5.74, 6) is 0.873. The maximum atomic E-state index is 12.3. The second kappa shape index (κ2) is 7.10. The van der Waals surface area contributed by atoms with Crippen molar-refractivity contribution >= 4 is 17.7 Å². The third kappa shape index (κ3) is 3.02. The lowest BCUT2D eigenvalue weighted by Gasteiger charge is -2.39. The molecular formula is C24H26N2O2. The third-order valence-electron chi connectivity index (χ3n) is 6.49. The predicted molar refractivity (Wildman–Crippen MR) is 112 cm³/mol. The van der Waals surface area contributed by atoms with E-state index >= 15 is 0 Å². The Morgan fingerprint density at radius 1 is 0.964 bits per heavy atom. The molecule has 2 aliphatic heterocycles. The van der Waals surface area contributed by atoms with Crippen LogP contribution in [0.1, 0.15) is 30.4 Å². The van der Waals surface area contributed by atoms with Crippen LogP contribution in [0.5, 0.6) is 5.75 Å². The topological polar surface area (TPSA) is 32.8 Å². The molecule has 1 aliphatic carbocycles. The van der Waals surface area contributed by atoms with Gasteiger partial charge >= 0.3 is 0 Å². The predicted octanol–water partition coefficient (Wildman–Crippen LogP) is 3.86. The number of hydrogen-bond acceptors (Lipinski definition) is 3. The Morgan fingerprint density at radius 3 is 2.64 bits per heavy atom. The normalized spacial score (nSPS) is 20.1. The molecule has 0 N–H and O–H groups in total. The van der Waals surface area contributed by atoms with Crippen LogP contribution >= 0.6 is 0 Å². The highest BCUT2D eigenvalue weighted by molar-refractivity contribution is 5.97. The maximum Gasteiger partial charge on any atom is 0.265 e. The van der Waals surface area contributed by atoms with Gasteiger partial charge in [0, 0.05) is 12.0 Å². The molecule has 3 aliphatic rings. The van der Waals surface area contributed by atoms with Gasteiger partial charge in [-0.2, -0.15) is 0 Å². The van der Waals surface area contributed by atoms with E-state index in [9.17, 15) is 4.79 Å². The molecule has 5 rings (SSSR count). The molecule has 1 fully saturated rings. The van der Waals surface area contributed by atoms with Gasteiger partial charge in [0.15, 0.2) is 6.61 Å². The monoisotopic (exact) mass is 374 g/mol. The minimum absolute atomic E-state index is 0.0593. The van der Waals surface area contributed by atoms with Gasteiger partial charge in [0.1, 0.15) is 5.75 Å². The fraction of sp³-hybridized carbons (Fsp3) is 0.375. The standard InChI is InChI=1S/C24H26N2O2/c27-23-18-28-22-9-4-3-8-21(22)26(23)15-5-14-25-16-12-24(13-17-25)11-10-19-6-1-2-7-20(19)24/h1-4,6-11H,5,12-18H2. The second-order valence-corrected chi connectivity index (χ2v) is 8.07. The van der Waals surface area contributed by atoms with E-state index in [1.165, 1.54) is 24.0 Å². The van der Waals surface area contributed by atoms with Crippen LogP contribution in [-0.4, -0.2) is 43.6 Å². The van der Waals surface area contributed by atoms with Crippen LogP contribution in [-0.2, 0) is 10.2 Å². The average molecular weight is 374 g/mol. The van der Waals surface area contributed by atoms with Gasteiger partial charge in [0.2, 0.25) is 0 Å². The number of fused-ring (bicyclic) bond motifs is 3. The fourth-order valence-electron chi connectivity index (χ4n) is 4.90. The summed E-state index contributed by atoms with van der Waals surface area (Å²) in [6, 6.07) is 16.6. The zero-order valence-corrected chi connectivity index (χ0v) is 16.1. The molecule has 0 aromatic heterocycles. The molecule has 4 nitrogen and oxygen atoms in total. The number of carbonyl (C=O) groups is 1. The summed E-state index contributed by atoms with van der Waals surface area (Å²) in [7, 11) is 0. The lowest BCUT2D eigenvalue weighted by molar-refractivity contribution is -0.121. The van der Waals surface area contributed by atoms with E-state index in [1.807, 2.05) is 29.2 Å². The number of rotatable bonds is 4. The Hall–Kier alpha value is -2.59. The zero-order chi connectivity index (χ0) is 19.0. The zero-order valence-electron chi connectivity index (χ0n) is 16.1. The molecule has 1 spiro atoms. The van der Waals surface area contributed by atoms with Crippen LogP contribution < -0.4 is 9.64 Å². The number of para-hydroxylation sites is 2. The highest BCUT2D eigenvalue weighted by atomic mass is 16.5. The third-order valence-corrected chi connectivity index (χ3v) is 6.49. The number of amides is 1. The summed E-state index contributed by atoms with van der Waals surface area (Å²) in [6.07, 6.45) is 8.07. The van der Waals surface area contributed by atoms with Crippen molar-refractivity contribution in [1.82, 2.24) is 4.90 Å². The average Bonchev–Trinajstić information content (AvgIpc) is 3.10. The molecule has 2 aromatic rings. The van der Waals surface area contributed by atoms with Crippen LogP contribution in [0, 0.1) is 0 Å². The quantitative estimate of drug-likeness (QED) is 0.815. The number of allylic oxidation sites excluding steroid dienone is 1. The number of benzene rings is 2. The van der Waals surface area contributed by atoms with E-state index in [0.717, 1.165) is 44.0 Å². The molecular weight excluding hydrogens is 348 g/mol. The van der Waals surface area contributed by atoms with E-state index in [2.05, 4.69) is 41.3 Å². The molecule has 0 bridgehead atoms. The Kier molecular flexibility index (Phi) is 4.44. The van der Waals surface area contributed by atoms with E-state index in [0.29, 0.717) is 0 Å². The first-order valence-electron chi connectivity index (χ1n) is 10.3. The summed E-state index contributed by atoms with van der Waals surface area (Å²) in [6.45, 7) is 4.17. The van der Waals surface area contributed by atoms with Crippen LogP contribution in [0.4, 0.5) is 5.69 Å². The molecule has 0 radical (unpaired) electrons. The second-order valence-electron chi connectivity index (χ2n) is 8.07. The highest BCUT2D eigenvalue weighted by Gasteiger charge is 2.37. The van der Waals surface area contributed by atoms with Crippen LogP contribution in [0.15, 0.2) is 54.6 Å². The minimum atomic E-state index is 0.0593. The number of hydrogen-bond donors (Lipinski definition) is 0. The molecule has 28 heavy (non-hydrogen) atoms. The smallest absolute Gasteiger partial charge is 0.265 e. The van der Waals surface area contributed by atoms with Crippen LogP contribution in [0.25, 0.3) is 6.08 Å². The van der Waals surface area contributed by atoms with Gasteiger partial charge in [-0.1, -0.05) is 48.6 Å². The van der Waals surface area contributed by atoms with E-state index in [-0.39, 0.29) is 17.9 Å². The highest BCUT2D eigenvalue weighted by Crippen LogP contribution is 2.43. The molecule has 0 unspecified atom stereocenters. The van der Waals surface area contributed by atoms with Crippen molar-refractivity contribution in [3.8, 4) is 5.75 Å². The molecule has 0 saturated carbocycles. The first-order chi connectivity index (χ1) is 13.8. The number of ether oxygens (including phenoxy) is 1. The van der Waals surface area contributed by atoms with Crippen molar-refractivity contribution in [2.45, 2.75) is 24.7 Å². The van der Waals surface area contributed by atoms with Gasteiger partial charge in [-0.3, -0.25) is 4.79 Å². The SMILES string of the molecule is O=C1COc2ccccc2N1CCCN1CCC2(C=Cc3ccccc32)CC1. The largest absolute Gasteiger partial charge is 0.482 e. The maximum absolute atomic E-state index is 12.3. The van der Waals surface area contributed by atoms with E-state index in [4.69, 9.17) is 4.74 Å². The van der Waals surface area contributed by atoms with Crippen LogP contribution in [0.2, 0.25) is 0 Å². The number of likely N-dealkylation sites (tertiary alicyclic amines) is 1. The molecule has 144 valence electrons. The Morgan fingerprint density at radius 2 is 1.75 bits per heavy atom. The van der Waals surface area contributed by atoms with Crippen molar-refractivity contribution in [2.75, 3.05) is 37.7 Å². The van der Waals surface area contributed by atoms with Crippen molar-refractivity contribution in [2.24, 2.45) is 0 Å². The Labute approximate surface area is 166 Å². The van der Waals surface area contributed by atoms with E-state index in [1.54, 1.807) is 0 Å². The van der Waals surface area contributed by atoms with Gasteiger partial charge in [0.05, 0.1) is 5.69 Å². The van der Waals surface area contributed by atoms with Crippen LogP contribution in [0.3, 0.4) is 0 Å². The Balaban J connectivity index is 1.17. The first-order valence-corrected chi connectivity index (χ1v) is 10.3. The van der Waals surface area contributed by atoms with Crippen molar-refractivity contribution in [3.63, 3.8) is 0 Å². The number of anilines is 1. The Bertz CT molecular complexity index is 912. The summed E-state index contributed by atoms with van der Waals surface area (Å²) in [5.41, 5.74) is 4.04. The molecule has 2 heterocycles. The number of carbonyl (C=O) groups excluding carboxylic acids is 1. The molecule has 1 amide bonds.